The maximum atomic E-state index is 12.7. The standard InChI is InChI=1S/C13H10F3N7O2/c1-12(25,7-22-5-8(2-17)4-19-22)11(24)21-23-6-9(3-18)10(20-23)13(14,15)16/h4-6,25H,7H2,1H3,(H,21,24). The molecule has 0 aliphatic rings. The second kappa shape index (κ2) is 6.26. The molecule has 25 heavy (non-hydrogen) atoms. The van der Waals surface area contributed by atoms with Crippen LogP contribution in [0.5, 0.6) is 0 Å². The lowest BCUT2D eigenvalue weighted by Gasteiger charge is -2.21. The van der Waals surface area contributed by atoms with Crippen molar-refractivity contribution in [3.63, 3.8) is 0 Å². The third kappa shape index (κ3) is 3.94. The Kier molecular flexibility index (Phi) is 4.50. The highest BCUT2D eigenvalue weighted by Gasteiger charge is 2.38. The number of nitrogens with one attached hydrogen (secondary N) is 1. The van der Waals surface area contributed by atoms with Crippen LogP contribution in [0, 0.1) is 22.7 Å². The monoisotopic (exact) mass is 353 g/mol. The van der Waals surface area contributed by atoms with Crippen LogP contribution in [-0.4, -0.2) is 36.3 Å². The largest absolute Gasteiger partial charge is 0.436 e. The predicted molar refractivity (Wildman–Crippen MR) is 73.9 cm³/mol. The summed E-state index contributed by atoms with van der Waals surface area (Å²) < 4.78 is 39.3. The van der Waals surface area contributed by atoms with Crippen molar-refractivity contribution in [1.29, 1.82) is 10.5 Å². The van der Waals surface area contributed by atoms with Gasteiger partial charge in [-0.15, -0.1) is 5.10 Å². The van der Waals surface area contributed by atoms with Crippen LogP contribution in [0.3, 0.4) is 0 Å². The van der Waals surface area contributed by atoms with E-state index in [1.807, 2.05) is 11.5 Å². The normalized spacial score (nSPS) is 13.6. The first kappa shape index (κ1) is 18.0. The van der Waals surface area contributed by atoms with E-state index >= 15 is 0 Å². The molecule has 1 unspecified atom stereocenters. The van der Waals surface area contributed by atoms with Crippen molar-refractivity contribution in [3.05, 3.63) is 35.4 Å². The average Bonchev–Trinajstić information content (AvgIpc) is 3.12. The van der Waals surface area contributed by atoms with Gasteiger partial charge >= 0.3 is 6.18 Å². The first-order chi connectivity index (χ1) is 11.6. The van der Waals surface area contributed by atoms with Gasteiger partial charge in [0.1, 0.15) is 17.7 Å². The molecule has 0 aromatic carbocycles. The summed E-state index contributed by atoms with van der Waals surface area (Å²) >= 11 is 0. The van der Waals surface area contributed by atoms with Crippen molar-refractivity contribution in [2.45, 2.75) is 25.2 Å². The van der Waals surface area contributed by atoms with Gasteiger partial charge in [0.2, 0.25) is 0 Å². The van der Waals surface area contributed by atoms with E-state index in [1.54, 1.807) is 0 Å². The molecule has 0 aliphatic carbocycles. The molecule has 2 N–H and O–H groups in total. The third-order valence-electron chi connectivity index (χ3n) is 3.04. The molecule has 0 saturated carbocycles. The van der Waals surface area contributed by atoms with Crippen molar-refractivity contribution in [1.82, 2.24) is 19.7 Å². The molecular weight excluding hydrogens is 343 g/mol. The van der Waals surface area contributed by atoms with E-state index in [4.69, 9.17) is 10.5 Å². The quantitative estimate of drug-likeness (QED) is 0.816. The minimum absolute atomic E-state index is 0.205. The summed E-state index contributed by atoms with van der Waals surface area (Å²) in [4.78, 5) is 12.5. The summed E-state index contributed by atoms with van der Waals surface area (Å²) in [5.74, 6) is -1.08. The zero-order valence-electron chi connectivity index (χ0n) is 12.6. The predicted octanol–water partition coefficient (Wildman–Crippen LogP) is 0.363. The van der Waals surface area contributed by atoms with Gasteiger partial charge in [-0.05, 0) is 6.92 Å². The van der Waals surface area contributed by atoms with E-state index in [2.05, 4.69) is 10.2 Å². The molecule has 1 amide bonds. The van der Waals surface area contributed by atoms with Gasteiger partial charge in [-0.2, -0.15) is 33.6 Å². The van der Waals surface area contributed by atoms with Gasteiger partial charge in [0.05, 0.1) is 24.5 Å². The second-order valence-corrected chi connectivity index (χ2v) is 5.20. The maximum absolute atomic E-state index is 12.7. The Morgan fingerprint density at radius 2 is 2.04 bits per heavy atom. The molecule has 12 heteroatoms. The van der Waals surface area contributed by atoms with E-state index in [9.17, 15) is 23.1 Å². The molecule has 2 aromatic heterocycles. The number of halogens is 3. The molecule has 0 saturated heterocycles. The van der Waals surface area contributed by atoms with Crippen LogP contribution in [0.15, 0.2) is 18.6 Å². The summed E-state index contributed by atoms with van der Waals surface area (Å²) in [5, 5.41) is 34.4. The molecule has 2 aromatic rings. The van der Waals surface area contributed by atoms with Crippen LogP contribution in [-0.2, 0) is 17.5 Å². The van der Waals surface area contributed by atoms with Crippen LogP contribution in [0.25, 0.3) is 0 Å². The average molecular weight is 353 g/mol. The van der Waals surface area contributed by atoms with E-state index in [0.29, 0.717) is 11.0 Å². The molecule has 9 nitrogen and oxygen atoms in total. The van der Waals surface area contributed by atoms with Crippen LogP contribution in [0.4, 0.5) is 13.2 Å². The van der Waals surface area contributed by atoms with E-state index < -0.39 is 28.9 Å². The summed E-state index contributed by atoms with van der Waals surface area (Å²) in [7, 11) is 0. The number of carbonyl (C=O) groups is 1. The molecule has 0 radical (unpaired) electrons. The second-order valence-electron chi connectivity index (χ2n) is 5.20. The van der Waals surface area contributed by atoms with Crippen molar-refractivity contribution < 1.29 is 23.1 Å². The summed E-state index contributed by atoms with van der Waals surface area (Å²) in [6.45, 7) is 0.744. The Hall–Kier alpha value is -3.38. The lowest BCUT2D eigenvalue weighted by Crippen LogP contribution is -2.46. The Bertz CT molecular complexity index is 883. The highest BCUT2D eigenvalue weighted by Crippen LogP contribution is 2.30. The lowest BCUT2D eigenvalue weighted by molar-refractivity contribution is -0.142. The van der Waals surface area contributed by atoms with Gasteiger partial charge in [-0.1, -0.05) is 0 Å². The minimum Gasteiger partial charge on any atom is -0.378 e. The van der Waals surface area contributed by atoms with E-state index in [1.165, 1.54) is 18.5 Å². The Labute approximate surface area is 138 Å². The number of hydrogen-bond acceptors (Lipinski definition) is 6. The van der Waals surface area contributed by atoms with Gasteiger partial charge in [0.25, 0.3) is 5.91 Å². The first-order valence-corrected chi connectivity index (χ1v) is 6.60. The Morgan fingerprint density at radius 3 is 2.52 bits per heavy atom. The SMILES string of the molecule is CC(O)(Cn1cc(C#N)cn1)C(=O)Nn1cc(C#N)c(C(F)(F)F)n1. The number of nitrogens with zero attached hydrogens (tertiary/aromatic N) is 6. The zero-order chi connectivity index (χ0) is 18.8. The number of nitriles is 2. The van der Waals surface area contributed by atoms with Gasteiger partial charge < -0.3 is 5.11 Å². The van der Waals surface area contributed by atoms with Gasteiger partial charge in [-0.25, -0.2) is 5.43 Å². The molecule has 0 bridgehead atoms. The highest BCUT2D eigenvalue weighted by atomic mass is 19.4. The molecule has 0 spiro atoms. The third-order valence-corrected chi connectivity index (χ3v) is 3.04. The number of alkyl halides is 3. The minimum atomic E-state index is -4.87. The van der Waals surface area contributed by atoms with Crippen molar-refractivity contribution in [2.75, 3.05) is 5.43 Å². The van der Waals surface area contributed by atoms with Crippen molar-refractivity contribution in [3.8, 4) is 12.1 Å². The Morgan fingerprint density at radius 1 is 1.36 bits per heavy atom. The fraction of sp³-hybridized carbons (Fsp3) is 0.308. The molecule has 130 valence electrons. The van der Waals surface area contributed by atoms with Crippen LogP contribution < -0.4 is 5.43 Å². The number of hydrogen-bond donors (Lipinski definition) is 2. The molecular formula is C13H10F3N7O2. The summed E-state index contributed by atoms with van der Waals surface area (Å²) in [6, 6.07) is 3.14. The summed E-state index contributed by atoms with van der Waals surface area (Å²) in [6.07, 6.45) is -1.69. The van der Waals surface area contributed by atoms with E-state index in [-0.39, 0.29) is 12.1 Å². The molecule has 0 aliphatic heterocycles. The maximum Gasteiger partial charge on any atom is 0.436 e. The first-order valence-electron chi connectivity index (χ1n) is 6.60. The van der Waals surface area contributed by atoms with Crippen LogP contribution >= 0.6 is 0 Å². The topological polar surface area (TPSA) is 133 Å². The number of carbonyl (C=O) groups excluding carboxylic acids is 1. The number of aromatic nitrogens is 4. The fourth-order valence-corrected chi connectivity index (χ4v) is 1.84. The van der Waals surface area contributed by atoms with Gasteiger partial charge in [-0.3, -0.25) is 9.48 Å². The smallest absolute Gasteiger partial charge is 0.378 e. The number of amides is 1. The summed E-state index contributed by atoms with van der Waals surface area (Å²) in [5.41, 5.74) is -2.16. The highest BCUT2D eigenvalue weighted by molar-refractivity contribution is 5.91. The Balaban J connectivity index is 2.17. The fourth-order valence-electron chi connectivity index (χ4n) is 1.84. The zero-order valence-corrected chi connectivity index (χ0v) is 12.6. The van der Waals surface area contributed by atoms with Gasteiger partial charge in [0.15, 0.2) is 11.3 Å². The molecule has 2 rings (SSSR count). The van der Waals surface area contributed by atoms with Crippen molar-refractivity contribution >= 4 is 5.91 Å². The van der Waals surface area contributed by atoms with Crippen molar-refractivity contribution in [2.24, 2.45) is 0 Å². The van der Waals surface area contributed by atoms with Crippen LogP contribution in [0.2, 0.25) is 0 Å². The van der Waals surface area contributed by atoms with Gasteiger partial charge in [0, 0.05) is 6.20 Å². The van der Waals surface area contributed by atoms with Crippen LogP contribution in [0.1, 0.15) is 23.7 Å². The molecule has 0 fully saturated rings. The molecule has 2 heterocycles. The lowest BCUT2D eigenvalue weighted by atomic mass is 10.1. The number of rotatable bonds is 4. The molecule has 1 atom stereocenters. The number of aliphatic hydroxyl groups is 1. The van der Waals surface area contributed by atoms with E-state index in [0.717, 1.165) is 11.6 Å².